The van der Waals surface area contributed by atoms with Crippen LogP contribution >= 0.6 is 0 Å². The molecule has 6 heteroatoms. The van der Waals surface area contributed by atoms with Gasteiger partial charge in [-0.25, -0.2) is 8.42 Å². The molecule has 17 heavy (non-hydrogen) atoms. The van der Waals surface area contributed by atoms with Crippen molar-refractivity contribution in [3.8, 4) is 5.75 Å². The van der Waals surface area contributed by atoms with Crippen molar-refractivity contribution < 1.29 is 13.5 Å². The van der Waals surface area contributed by atoms with Crippen molar-refractivity contribution in [3.63, 3.8) is 0 Å². The molecule has 0 fully saturated rings. The molecular formula is C11H10N2O3S. The number of aromatic nitrogens is 1. The van der Waals surface area contributed by atoms with E-state index in [4.69, 9.17) is 5.11 Å². The van der Waals surface area contributed by atoms with Crippen molar-refractivity contribution >= 4 is 15.7 Å². The first-order valence-electron chi connectivity index (χ1n) is 4.80. The number of hydrogen-bond acceptors (Lipinski definition) is 4. The molecular weight excluding hydrogens is 240 g/mol. The van der Waals surface area contributed by atoms with E-state index in [1.807, 2.05) is 0 Å². The van der Waals surface area contributed by atoms with Crippen molar-refractivity contribution in [2.75, 3.05) is 4.72 Å². The molecule has 0 aliphatic heterocycles. The summed E-state index contributed by atoms with van der Waals surface area (Å²) in [6.07, 6.45) is 2.77. The molecule has 0 spiro atoms. The van der Waals surface area contributed by atoms with Crippen LogP contribution in [0.25, 0.3) is 0 Å². The molecule has 0 unspecified atom stereocenters. The van der Waals surface area contributed by atoms with Crippen LogP contribution in [0.3, 0.4) is 0 Å². The van der Waals surface area contributed by atoms with Gasteiger partial charge >= 0.3 is 0 Å². The predicted molar refractivity (Wildman–Crippen MR) is 63.2 cm³/mol. The maximum absolute atomic E-state index is 11.9. The molecule has 2 rings (SSSR count). The summed E-state index contributed by atoms with van der Waals surface area (Å²) in [7, 11) is -3.62. The van der Waals surface area contributed by atoms with Gasteiger partial charge in [0, 0.05) is 18.1 Å². The van der Waals surface area contributed by atoms with E-state index in [0.717, 1.165) is 0 Å². The van der Waals surface area contributed by atoms with Crippen molar-refractivity contribution in [3.05, 3.63) is 48.8 Å². The van der Waals surface area contributed by atoms with Crippen LogP contribution in [0.1, 0.15) is 0 Å². The first kappa shape index (κ1) is 11.4. The van der Waals surface area contributed by atoms with E-state index in [2.05, 4.69) is 9.71 Å². The van der Waals surface area contributed by atoms with Gasteiger partial charge in [-0.2, -0.15) is 0 Å². The number of rotatable bonds is 3. The molecule has 0 saturated heterocycles. The standard InChI is InChI=1S/C11H10N2O3S/c14-10-5-3-9(4-6-10)13-17(15,16)11-2-1-7-12-8-11/h1-8,13-14H. The van der Waals surface area contributed by atoms with E-state index in [-0.39, 0.29) is 10.6 Å². The van der Waals surface area contributed by atoms with Gasteiger partial charge in [0.2, 0.25) is 0 Å². The number of phenols is 1. The average Bonchev–Trinajstić information content (AvgIpc) is 2.33. The summed E-state index contributed by atoms with van der Waals surface area (Å²) < 4.78 is 26.1. The van der Waals surface area contributed by atoms with E-state index >= 15 is 0 Å². The lowest BCUT2D eigenvalue weighted by atomic mass is 10.3. The van der Waals surface area contributed by atoms with Gasteiger partial charge in [0.1, 0.15) is 10.6 Å². The second kappa shape index (κ2) is 4.42. The van der Waals surface area contributed by atoms with E-state index in [9.17, 15) is 8.42 Å². The van der Waals surface area contributed by atoms with Crippen LogP contribution in [-0.2, 0) is 10.0 Å². The zero-order chi connectivity index (χ0) is 12.3. The highest BCUT2D eigenvalue weighted by Gasteiger charge is 2.13. The fourth-order valence-corrected chi connectivity index (χ4v) is 2.27. The lowest BCUT2D eigenvalue weighted by Gasteiger charge is -2.07. The Morgan fingerprint density at radius 1 is 1.12 bits per heavy atom. The van der Waals surface area contributed by atoms with Crippen molar-refractivity contribution in [2.45, 2.75) is 4.90 Å². The first-order valence-corrected chi connectivity index (χ1v) is 6.28. The van der Waals surface area contributed by atoms with Gasteiger partial charge in [-0.15, -0.1) is 0 Å². The molecule has 0 radical (unpaired) electrons. The van der Waals surface area contributed by atoms with E-state index < -0.39 is 10.0 Å². The largest absolute Gasteiger partial charge is 0.508 e. The normalized spacial score (nSPS) is 11.1. The molecule has 0 amide bonds. The van der Waals surface area contributed by atoms with Crippen LogP contribution in [0.4, 0.5) is 5.69 Å². The molecule has 2 aromatic rings. The summed E-state index contributed by atoms with van der Waals surface area (Å²) in [5.41, 5.74) is 0.381. The lowest BCUT2D eigenvalue weighted by molar-refractivity contribution is 0.475. The van der Waals surface area contributed by atoms with E-state index in [0.29, 0.717) is 5.69 Å². The highest BCUT2D eigenvalue weighted by atomic mass is 32.2. The number of benzene rings is 1. The van der Waals surface area contributed by atoms with Gasteiger partial charge in [-0.1, -0.05) is 0 Å². The van der Waals surface area contributed by atoms with E-state index in [1.54, 1.807) is 6.07 Å². The average molecular weight is 250 g/mol. The Labute approximate surface area is 98.8 Å². The van der Waals surface area contributed by atoms with E-state index in [1.165, 1.54) is 42.7 Å². The van der Waals surface area contributed by atoms with Crippen molar-refractivity contribution in [2.24, 2.45) is 0 Å². The van der Waals surface area contributed by atoms with Gasteiger partial charge < -0.3 is 5.11 Å². The molecule has 0 bridgehead atoms. The summed E-state index contributed by atoms with van der Waals surface area (Å²) in [6.45, 7) is 0. The number of pyridine rings is 1. The predicted octanol–water partition coefficient (Wildman–Crippen LogP) is 1.59. The molecule has 0 aliphatic carbocycles. The fourth-order valence-electron chi connectivity index (χ4n) is 1.25. The van der Waals surface area contributed by atoms with Crippen LogP contribution < -0.4 is 4.72 Å². The Morgan fingerprint density at radius 3 is 2.41 bits per heavy atom. The highest BCUT2D eigenvalue weighted by Crippen LogP contribution is 2.17. The van der Waals surface area contributed by atoms with Gasteiger partial charge in [0.05, 0.1) is 0 Å². The molecule has 1 heterocycles. The minimum absolute atomic E-state index is 0.0781. The number of nitrogens with zero attached hydrogens (tertiary/aromatic N) is 1. The van der Waals surface area contributed by atoms with Crippen molar-refractivity contribution in [1.29, 1.82) is 0 Å². The lowest BCUT2D eigenvalue weighted by Crippen LogP contribution is -2.12. The van der Waals surface area contributed by atoms with Gasteiger partial charge in [0.15, 0.2) is 0 Å². The number of phenolic OH excluding ortho intramolecular Hbond substituents is 1. The SMILES string of the molecule is O=S(=O)(Nc1ccc(O)cc1)c1cccnc1. The molecule has 0 aliphatic rings. The molecule has 1 aromatic carbocycles. The minimum Gasteiger partial charge on any atom is -0.508 e. The summed E-state index contributed by atoms with van der Waals surface area (Å²) >= 11 is 0. The number of sulfonamides is 1. The van der Waals surface area contributed by atoms with Crippen LogP contribution in [-0.4, -0.2) is 18.5 Å². The summed E-state index contributed by atoms with van der Waals surface area (Å²) in [5.74, 6) is 0.0781. The van der Waals surface area contributed by atoms with Crippen LogP contribution in [0, 0.1) is 0 Å². The monoisotopic (exact) mass is 250 g/mol. The second-order valence-electron chi connectivity index (χ2n) is 3.34. The number of anilines is 1. The highest BCUT2D eigenvalue weighted by molar-refractivity contribution is 7.92. The molecule has 0 saturated carbocycles. The second-order valence-corrected chi connectivity index (χ2v) is 5.02. The fraction of sp³-hybridized carbons (Fsp3) is 0. The molecule has 2 N–H and O–H groups in total. The Morgan fingerprint density at radius 2 is 1.82 bits per heavy atom. The zero-order valence-electron chi connectivity index (χ0n) is 8.74. The Bertz CT molecular complexity index is 594. The quantitative estimate of drug-likeness (QED) is 0.811. The van der Waals surface area contributed by atoms with Gasteiger partial charge in [-0.05, 0) is 36.4 Å². The Balaban J connectivity index is 2.27. The summed E-state index contributed by atoms with van der Waals surface area (Å²) in [6, 6.07) is 8.76. The minimum atomic E-state index is -3.62. The number of nitrogens with one attached hydrogen (secondary N) is 1. The number of aromatic hydroxyl groups is 1. The molecule has 88 valence electrons. The molecule has 1 aromatic heterocycles. The summed E-state index contributed by atoms with van der Waals surface area (Å²) in [4.78, 5) is 3.84. The topological polar surface area (TPSA) is 79.3 Å². The molecule has 5 nitrogen and oxygen atoms in total. The Hall–Kier alpha value is -2.08. The zero-order valence-corrected chi connectivity index (χ0v) is 9.55. The van der Waals surface area contributed by atoms with Crippen LogP contribution in [0.5, 0.6) is 5.75 Å². The summed E-state index contributed by atoms with van der Waals surface area (Å²) in [5, 5.41) is 9.08. The maximum Gasteiger partial charge on any atom is 0.263 e. The third-order valence-corrected chi connectivity index (χ3v) is 3.43. The van der Waals surface area contributed by atoms with Crippen molar-refractivity contribution in [1.82, 2.24) is 4.98 Å². The third kappa shape index (κ3) is 2.73. The van der Waals surface area contributed by atoms with Gasteiger partial charge in [-0.3, -0.25) is 9.71 Å². The van der Waals surface area contributed by atoms with Crippen LogP contribution in [0.15, 0.2) is 53.7 Å². The smallest absolute Gasteiger partial charge is 0.263 e. The Kier molecular flexibility index (Phi) is 2.97. The maximum atomic E-state index is 11.9. The molecule has 0 atom stereocenters. The number of hydrogen-bond donors (Lipinski definition) is 2. The third-order valence-electron chi connectivity index (χ3n) is 2.06. The van der Waals surface area contributed by atoms with Gasteiger partial charge in [0.25, 0.3) is 10.0 Å². The van der Waals surface area contributed by atoms with Crippen LogP contribution in [0.2, 0.25) is 0 Å². The first-order chi connectivity index (χ1) is 8.08.